The maximum Gasteiger partial charge on any atom is 0.246 e. The van der Waals surface area contributed by atoms with Crippen LogP contribution >= 0.6 is 0 Å². The molecule has 1 aliphatic rings. The highest BCUT2D eigenvalue weighted by molar-refractivity contribution is 5.78. The van der Waals surface area contributed by atoms with Gasteiger partial charge in [-0.2, -0.15) is 0 Å². The van der Waals surface area contributed by atoms with E-state index in [1.54, 1.807) is 19.3 Å². The Morgan fingerprint density at radius 3 is 2.67 bits per heavy atom. The van der Waals surface area contributed by atoms with E-state index < -0.39 is 18.2 Å². The maximum atomic E-state index is 12.2. The average molecular weight is 378 g/mol. The smallest absolute Gasteiger partial charge is 0.246 e. The fraction of sp³-hybridized carbons (Fsp3) is 0.474. The number of amides is 2. The van der Waals surface area contributed by atoms with Crippen molar-refractivity contribution in [3.63, 3.8) is 0 Å². The van der Waals surface area contributed by atoms with E-state index in [4.69, 9.17) is 14.2 Å². The lowest BCUT2D eigenvalue weighted by molar-refractivity contribution is -0.130. The summed E-state index contributed by atoms with van der Waals surface area (Å²) in [5, 5.41) is 15.0. The molecule has 1 aromatic rings. The van der Waals surface area contributed by atoms with Crippen LogP contribution in [-0.4, -0.2) is 62.6 Å². The van der Waals surface area contributed by atoms with Crippen molar-refractivity contribution >= 4 is 11.8 Å². The molecule has 3 atom stereocenters. The fourth-order valence-corrected chi connectivity index (χ4v) is 2.79. The molecule has 148 valence electrons. The Hall–Kier alpha value is -2.42. The molecular formula is C19H26N2O6. The first-order valence-electron chi connectivity index (χ1n) is 8.69. The van der Waals surface area contributed by atoms with Gasteiger partial charge in [0.15, 0.2) is 0 Å². The van der Waals surface area contributed by atoms with E-state index in [1.165, 1.54) is 7.11 Å². The van der Waals surface area contributed by atoms with Gasteiger partial charge in [-0.1, -0.05) is 30.4 Å². The number of aliphatic hydroxyl groups is 1. The number of hydrogen-bond acceptors (Lipinski definition) is 6. The van der Waals surface area contributed by atoms with Crippen LogP contribution in [0.25, 0.3) is 0 Å². The van der Waals surface area contributed by atoms with Gasteiger partial charge >= 0.3 is 0 Å². The summed E-state index contributed by atoms with van der Waals surface area (Å²) in [6.45, 7) is -0.00270. The summed E-state index contributed by atoms with van der Waals surface area (Å²) in [5.74, 6) is 0.220. The SMILES string of the molecule is COCC(=O)N[C@H]1C=C[C@@H](CC(=O)NCc2ccccc2OC)O[C@H]1CO. The Morgan fingerprint density at radius 1 is 1.19 bits per heavy atom. The van der Waals surface area contributed by atoms with Crippen molar-refractivity contribution in [2.45, 2.75) is 31.2 Å². The quantitative estimate of drug-likeness (QED) is 0.528. The molecule has 8 nitrogen and oxygen atoms in total. The highest BCUT2D eigenvalue weighted by Gasteiger charge is 2.28. The largest absolute Gasteiger partial charge is 0.496 e. The highest BCUT2D eigenvalue weighted by atomic mass is 16.5. The number of hydrogen-bond donors (Lipinski definition) is 3. The molecule has 0 saturated carbocycles. The molecule has 0 aromatic heterocycles. The third kappa shape index (κ3) is 6.35. The molecule has 0 radical (unpaired) electrons. The van der Waals surface area contributed by atoms with Gasteiger partial charge < -0.3 is 30.0 Å². The highest BCUT2D eigenvalue weighted by Crippen LogP contribution is 2.18. The molecule has 0 bridgehead atoms. The third-order valence-electron chi connectivity index (χ3n) is 4.12. The first-order chi connectivity index (χ1) is 13.1. The van der Waals surface area contributed by atoms with Gasteiger partial charge in [0.05, 0.1) is 32.3 Å². The van der Waals surface area contributed by atoms with Crippen molar-refractivity contribution in [1.29, 1.82) is 0 Å². The van der Waals surface area contributed by atoms with E-state index in [1.807, 2.05) is 24.3 Å². The normalized spacial score (nSPS) is 21.5. The summed E-state index contributed by atoms with van der Waals surface area (Å²) < 4.78 is 15.7. The zero-order chi connectivity index (χ0) is 19.6. The summed E-state index contributed by atoms with van der Waals surface area (Å²) in [7, 11) is 3.01. The molecule has 8 heteroatoms. The van der Waals surface area contributed by atoms with E-state index in [0.29, 0.717) is 12.3 Å². The number of para-hydroxylation sites is 1. The monoisotopic (exact) mass is 378 g/mol. The van der Waals surface area contributed by atoms with Crippen molar-refractivity contribution in [2.75, 3.05) is 27.4 Å². The van der Waals surface area contributed by atoms with Crippen LogP contribution in [0.4, 0.5) is 0 Å². The predicted octanol–water partition coefficient (Wildman–Crippen LogP) is 0.149. The van der Waals surface area contributed by atoms with Crippen LogP contribution in [0.2, 0.25) is 0 Å². The van der Waals surface area contributed by atoms with Gasteiger partial charge in [0, 0.05) is 19.2 Å². The average Bonchev–Trinajstić information content (AvgIpc) is 2.68. The van der Waals surface area contributed by atoms with Crippen LogP contribution in [-0.2, 0) is 25.6 Å². The van der Waals surface area contributed by atoms with Gasteiger partial charge in [0.1, 0.15) is 18.5 Å². The third-order valence-corrected chi connectivity index (χ3v) is 4.12. The molecular weight excluding hydrogens is 352 g/mol. The molecule has 0 saturated heterocycles. The first kappa shape index (κ1) is 20.9. The zero-order valence-electron chi connectivity index (χ0n) is 15.5. The molecule has 2 amide bonds. The lowest BCUT2D eigenvalue weighted by atomic mass is 10.0. The minimum atomic E-state index is -0.622. The minimum absolute atomic E-state index is 0.0722. The Balaban J connectivity index is 1.86. The molecule has 3 N–H and O–H groups in total. The van der Waals surface area contributed by atoms with E-state index in [9.17, 15) is 14.7 Å². The standard InChI is InChI=1S/C19H26N2O6/c1-25-12-19(24)21-15-8-7-14(27-17(15)11-22)9-18(23)20-10-13-5-3-4-6-16(13)26-2/h3-8,14-15,17,22H,9-12H2,1-2H3,(H,20,23)(H,21,24)/t14-,15-,17-/m0/s1. The van der Waals surface area contributed by atoms with Gasteiger partial charge in [-0.15, -0.1) is 0 Å². The summed E-state index contributed by atoms with van der Waals surface area (Å²) in [4.78, 5) is 23.8. The Bertz CT molecular complexity index is 663. The zero-order valence-corrected chi connectivity index (χ0v) is 15.5. The number of carbonyl (C=O) groups excluding carboxylic acids is 2. The van der Waals surface area contributed by atoms with Crippen molar-refractivity contribution < 1.29 is 28.9 Å². The van der Waals surface area contributed by atoms with E-state index in [2.05, 4.69) is 10.6 Å². The molecule has 1 heterocycles. The Kier molecular flexibility index (Phi) is 8.25. The summed E-state index contributed by atoms with van der Waals surface area (Å²) in [6, 6.07) is 6.98. The van der Waals surface area contributed by atoms with Gasteiger partial charge in [-0.3, -0.25) is 9.59 Å². The lowest BCUT2D eigenvalue weighted by Crippen LogP contribution is -2.49. The number of nitrogens with one attached hydrogen (secondary N) is 2. The molecule has 1 aliphatic heterocycles. The molecule has 1 aromatic carbocycles. The van der Waals surface area contributed by atoms with Crippen molar-refractivity contribution in [2.24, 2.45) is 0 Å². The summed E-state index contributed by atoms with van der Waals surface area (Å²) in [5.41, 5.74) is 0.877. The molecule has 27 heavy (non-hydrogen) atoms. The van der Waals surface area contributed by atoms with Crippen LogP contribution in [0, 0.1) is 0 Å². The van der Waals surface area contributed by atoms with E-state index in [0.717, 1.165) is 5.56 Å². The number of ether oxygens (including phenoxy) is 3. The second-order valence-corrected chi connectivity index (χ2v) is 6.10. The van der Waals surface area contributed by atoms with Crippen LogP contribution in [0.15, 0.2) is 36.4 Å². The van der Waals surface area contributed by atoms with E-state index >= 15 is 0 Å². The number of methoxy groups -OCH3 is 2. The van der Waals surface area contributed by atoms with Crippen molar-refractivity contribution in [1.82, 2.24) is 10.6 Å². The predicted molar refractivity (Wildman–Crippen MR) is 98.2 cm³/mol. The molecule has 0 fully saturated rings. The number of aliphatic hydroxyl groups excluding tert-OH is 1. The van der Waals surface area contributed by atoms with Gasteiger partial charge in [-0.05, 0) is 6.07 Å². The minimum Gasteiger partial charge on any atom is -0.496 e. The van der Waals surface area contributed by atoms with Crippen LogP contribution in [0.5, 0.6) is 5.75 Å². The number of benzene rings is 1. The molecule has 0 aliphatic carbocycles. The lowest BCUT2D eigenvalue weighted by Gasteiger charge is -2.31. The Labute approximate surface area is 158 Å². The van der Waals surface area contributed by atoms with Crippen molar-refractivity contribution in [3.05, 3.63) is 42.0 Å². The van der Waals surface area contributed by atoms with Gasteiger partial charge in [-0.25, -0.2) is 0 Å². The number of carbonyl (C=O) groups is 2. The van der Waals surface area contributed by atoms with Crippen LogP contribution in [0.1, 0.15) is 12.0 Å². The topological polar surface area (TPSA) is 106 Å². The van der Waals surface area contributed by atoms with E-state index in [-0.39, 0.29) is 31.4 Å². The molecule has 2 rings (SSSR count). The van der Waals surface area contributed by atoms with Crippen molar-refractivity contribution in [3.8, 4) is 5.75 Å². The molecule has 0 spiro atoms. The van der Waals surface area contributed by atoms with Crippen LogP contribution in [0.3, 0.4) is 0 Å². The fourth-order valence-electron chi connectivity index (χ4n) is 2.79. The molecule has 0 unspecified atom stereocenters. The van der Waals surface area contributed by atoms with Gasteiger partial charge in [0.2, 0.25) is 11.8 Å². The van der Waals surface area contributed by atoms with Gasteiger partial charge in [0.25, 0.3) is 0 Å². The Morgan fingerprint density at radius 2 is 1.96 bits per heavy atom. The first-order valence-corrected chi connectivity index (χ1v) is 8.69. The number of rotatable bonds is 9. The summed E-state index contributed by atoms with van der Waals surface area (Å²) in [6.07, 6.45) is 2.46. The summed E-state index contributed by atoms with van der Waals surface area (Å²) >= 11 is 0. The van der Waals surface area contributed by atoms with Crippen LogP contribution < -0.4 is 15.4 Å². The second-order valence-electron chi connectivity index (χ2n) is 6.10. The maximum absolute atomic E-state index is 12.2. The second kappa shape index (κ2) is 10.7.